The average Bonchev–Trinajstić information content (AvgIpc) is 2.49. The Morgan fingerprint density at radius 3 is 2.57 bits per heavy atom. The summed E-state index contributed by atoms with van der Waals surface area (Å²) in [5, 5.41) is 20.4. The van der Waals surface area contributed by atoms with Crippen molar-refractivity contribution in [3.05, 3.63) is 56.5 Å². The highest BCUT2D eigenvalue weighted by atomic mass is 79.9. The molecule has 6 nitrogen and oxygen atoms in total. The molecule has 0 saturated heterocycles. The summed E-state index contributed by atoms with van der Waals surface area (Å²) in [5.74, 6) is 0.805. The molecule has 0 aromatic heterocycles. The zero-order chi connectivity index (χ0) is 15.4. The molecule has 0 saturated carbocycles. The Morgan fingerprint density at radius 1 is 1.24 bits per heavy atom. The molecule has 2 aromatic carbocycles. The van der Waals surface area contributed by atoms with E-state index in [0.717, 1.165) is 4.47 Å². The summed E-state index contributed by atoms with van der Waals surface area (Å²) in [6.07, 6.45) is 0. The maximum absolute atomic E-state index is 11.1. The third-order valence-corrected chi connectivity index (χ3v) is 3.27. The summed E-state index contributed by atoms with van der Waals surface area (Å²) in [7, 11) is 1.43. The molecule has 0 heterocycles. The lowest BCUT2D eigenvalue weighted by molar-refractivity contribution is -0.385. The van der Waals surface area contributed by atoms with Crippen LogP contribution < -0.4 is 9.47 Å². The number of hydrogen-bond acceptors (Lipinski definition) is 5. The van der Waals surface area contributed by atoms with Gasteiger partial charge in [-0.1, -0.05) is 15.9 Å². The zero-order valence-electron chi connectivity index (χ0n) is 11.1. The van der Waals surface area contributed by atoms with Crippen LogP contribution in [0.3, 0.4) is 0 Å². The Balaban J connectivity index is 2.42. The third-order valence-electron chi connectivity index (χ3n) is 2.78. The van der Waals surface area contributed by atoms with Crippen molar-refractivity contribution in [2.75, 3.05) is 7.11 Å². The van der Waals surface area contributed by atoms with Gasteiger partial charge in [-0.05, 0) is 30.3 Å². The predicted octanol–water partition coefficient (Wildman–Crippen LogP) is 3.65. The molecule has 0 radical (unpaired) electrons. The minimum absolute atomic E-state index is 0.0813. The molecule has 0 aliphatic carbocycles. The van der Waals surface area contributed by atoms with E-state index in [2.05, 4.69) is 15.9 Å². The van der Waals surface area contributed by atoms with E-state index in [-0.39, 0.29) is 18.0 Å². The number of hydrogen-bond donors (Lipinski definition) is 1. The molecular formula is C14H12BrNO5. The van der Waals surface area contributed by atoms with E-state index in [4.69, 9.17) is 9.47 Å². The number of halogens is 1. The average molecular weight is 354 g/mol. The smallest absolute Gasteiger partial charge is 0.315 e. The molecule has 0 spiro atoms. The highest BCUT2D eigenvalue weighted by Crippen LogP contribution is 2.36. The van der Waals surface area contributed by atoms with Gasteiger partial charge < -0.3 is 14.6 Å². The first-order valence-corrected chi connectivity index (χ1v) is 6.74. The minimum atomic E-state index is -0.546. The van der Waals surface area contributed by atoms with Crippen molar-refractivity contribution in [2.24, 2.45) is 0 Å². The summed E-state index contributed by atoms with van der Waals surface area (Å²) >= 11 is 3.29. The fourth-order valence-electron chi connectivity index (χ4n) is 1.74. The second kappa shape index (κ2) is 6.55. The molecule has 0 fully saturated rings. The lowest BCUT2D eigenvalue weighted by Gasteiger charge is -2.11. The van der Waals surface area contributed by atoms with Gasteiger partial charge in [-0.2, -0.15) is 0 Å². The molecule has 0 aliphatic heterocycles. The number of aliphatic hydroxyl groups is 1. The van der Waals surface area contributed by atoms with Crippen molar-refractivity contribution < 1.29 is 19.5 Å². The van der Waals surface area contributed by atoms with E-state index >= 15 is 0 Å². The highest BCUT2D eigenvalue weighted by molar-refractivity contribution is 9.10. The van der Waals surface area contributed by atoms with Crippen LogP contribution in [0.2, 0.25) is 0 Å². The fraction of sp³-hybridized carbons (Fsp3) is 0.143. The molecule has 0 bridgehead atoms. The molecule has 0 unspecified atom stereocenters. The molecule has 7 heteroatoms. The molecule has 21 heavy (non-hydrogen) atoms. The van der Waals surface area contributed by atoms with Crippen LogP contribution in [0.15, 0.2) is 40.9 Å². The number of benzene rings is 2. The van der Waals surface area contributed by atoms with Crippen molar-refractivity contribution in [3.63, 3.8) is 0 Å². The SMILES string of the molecule is COc1ccc(Oc2ccc(Br)cc2CO)c([N+](=O)[O-])c1. The third kappa shape index (κ3) is 3.50. The Hall–Kier alpha value is -2.12. The summed E-state index contributed by atoms with van der Waals surface area (Å²) < 4.78 is 11.3. The van der Waals surface area contributed by atoms with Gasteiger partial charge in [-0.25, -0.2) is 0 Å². The van der Waals surface area contributed by atoms with Gasteiger partial charge in [-0.15, -0.1) is 0 Å². The quantitative estimate of drug-likeness (QED) is 0.655. The molecule has 2 aromatic rings. The number of methoxy groups -OCH3 is 1. The lowest BCUT2D eigenvalue weighted by atomic mass is 10.2. The van der Waals surface area contributed by atoms with E-state index in [0.29, 0.717) is 17.1 Å². The second-order valence-corrected chi connectivity index (χ2v) is 5.02. The van der Waals surface area contributed by atoms with Crippen molar-refractivity contribution in [2.45, 2.75) is 6.61 Å². The van der Waals surface area contributed by atoms with Gasteiger partial charge in [0.05, 0.1) is 24.7 Å². The van der Waals surface area contributed by atoms with Crippen molar-refractivity contribution in [1.29, 1.82) is 0 Å². The minimum Gasteiger partial charge on any atom is -0.496 e. The van der Waals surface area contributed by atoms with E-state index < -0.39 is 4.92 Å². The maximum atomic E-state index is 11.1. The first-order valence-electron chi connectivity index (χ1n) is 5.94. The van der Waals surface area contributed by atoms with Crippen molar-refractivity contribution >= 4 is 21.6 Å². The van der Waals surface area contributed by atoms with E-state index in [9.17, 15) is 15.2 Å². The number of aliphatic hydroxyl groups excluding tert-OH is 1. The van der Waals surface area contributed by atoms with Crippen LogP contribution in [0.5, 0.6) is 17.2 Å². The number of nitro benzene ring substituents is 1. The summed E-state index contributed by atoms with van der Waals surface area (Å²) in [4.78, 5) is 10.6. The predicted molar refractivity (Wildman–Crippen MR) is 79.8 cm³/mol. The molecular weight excluding hydrogens is 342 g/mol. The first-order chi connectivity index (χ1) is 10.0. The standard InChI is InChI=1S/C14H12BrNO5/c1-20-11-3-5-14(12(7-11)16(18)19)21-13-4-2-10(15)6-9(13)8-17/h2-7,17H,8H2,1H3. The van der Waals surface area contributed by atoms with Crippen molar-refractivity contribution in [1.82, 2.24) is 0 Å². The van der Waals surface area contributed by atoms with Gasteiger partial charge in [0.15, 0.2) is 0 Å². The van der Waals surface area contributed by atoms with Gasteiger partial charge in [-0.3, -0.25) is 10.1 Å². The van der Waals surface area contributed by atoms with Crippen LogP contribution in [0.25, 0.3) is 0 Å². The van der Waals surface area contributed by atoms with Crippen LogP contribution in [-0.4, -0.2) is 17.1 Å². The maximum Gasteiger partial charge on any atom is 0.315 e. The highest BCUT2D eigenvalue weighted by Gasteiger charge is 2.18. The molecule has 1 N–H and O–H groups in total. The number of nitrogens with zero attached hydrogens (tertiary/aromatic N) is 1. The fourth-order valence-corrected chi connectivity index (χ4v) is 2.15. The van der Waals surface area contributed by atoms with Gasteiger partial charge >= 0.3 is 5.69 Å². The summed E-state index contributed by atoms with van der Waals surface area (Å²) in [5.41, 5.74) is 0.315. The van der Waals surface area contributed by atoms with Crippen LogP contribution in [-0.2, 0) is 6.61 Å². The topological polar surface area (TPSA) is 81.8 Å². The van der Waals surface area contributed by atoms with E-state index in [1.807, 2.05) is 0 Å². The van der Waals surface area contributed by atoms with E-state index in [1.54, 1.807) is 24.3 Å². The van der Waals surface area contributed by atoms with Gasteiger partial charge in [0.25, 0.3) is 0 Å². The van der Waals surface area contributed by atoms with Crippen molar-refractivity contribution in [3.8, 4) is 17.2 Å². The van der Waals surface area contributed by atoms with Crippen LogP contribution >= 0.6 is 15.9 Å². The summed E-state index contributed by atoms with van der Waals surface area (Å²) in [6, 6.07) is 9.35. The molecule has 110 valence electrons. The monoisotopic (exact) mass is 353 g/mol. The summed E-state index contributed by atoms with van der Waals surface area (Å²) in [6.45, 7) is -0.237. The van der Waals surface area contributed by atoms with Crippen LogP contribution in [0, 0.1) is 10.1 Å². The normalized spacial score (nSPS) is 10.2. The number of nitro groups is 1. The molecule has 0 amide bonds. The zero-order valence-corrected chi connectivity index (χ0v) is 12.7. The Labute approximate surface area is 129 Å². The first kappa shape index (κ1) is 15.3. The molecule has 0 atom stereocenters. The number of rotatable bonds is 5. The lowest BCUT2D eigenvalue weighted by Crippen LogP contribution is -1.97. The Bertz CT molecular complexity index is 674. The van der Waals surface area contributed by atoms with Gasteiger partial charge in [0.2, 0.25) is 5.75 Å². The molecule has 0 aliphatic rings. The number of ether oxygens (including phenoxy) is 2. The van der Waals surface area contributed by atoms with Gasteiger partial charge in [0, 0.05) is 10.0 Å². The Morgan fingerprint density at radius 2 is 1.95 bits per heavy atom. The molecule has 2 rings (SSSR count). The largest absolute Gasteiger partial charge is 0.496 e. The van der Waals surface area contributed by atoms with Crippen LogP contribution in [0.1, 0.15) is 5.56 Å². The Kier molecular flexibility index (Phi) is 4.77. The van der Waals surface area contributed by atoms with Gasteiger partial charge in [0.1, 0.15) is 11.5 Å². The van der Waals surface area contributed by atoms with E-state index in [1.165, 1.54) is 19.2 Å². The van der Waals surface area contributed by atoms with Crippen LogP contribution in [0.4, 0.5) is 5.69 Å². The second-order valence-electron chi connectivity index (χ2n) is 4.10.